The minimum Gasteiger partial charge on any atom is -0.487 e. The maximum atomic E-state index is 6.03. The Hall–Kier alpha value is -1.95. The quantitative estimate of drug-likeness (QED) is 0.675. The van der Waals surface area contributed by atoms with E-state index in [-0.39, 0.29) is 0 Å². The fourth-order valence-corrected chi connectivity index (χ4v) is 3.73. The van der Waals surface area contributed by atoms with Crippen molar-refractivity contribution in [3.63, 3.8) is 0 Å². The first-order valence-corrected chi connectivity index (χ1v) is 10.4. The number of piperazine rings is 1. The van der Waals surface area contributed by atoms with Crippen molar-refractivity contribution in [1.82, 2.24) is 20.1 Å². The molecular weight excluding hydrogens is 348 g/mol. The zero-order valence-corrected chi connectivity index (χ0v) is 17.6. The normalized spacial score (nSPS) is 15.7. The van der Waals surface area contributed by atoms with Gasteiger partial charge in [-0.05, 0) is 69.2 Å². The van der Waals surface area contributed by atoms with E-state index < -0.39 is 0 Å². The summed E-state index contributed by atoms with van der Waals surface area (Å²) in [7, 11) is 2.21. The molecule has 1 aromatic heterocycles. The van der Waals surface area contributed by atoms with Gasteiger partial charge in [0.15, 0.2) is 0 Å². The van der Waals surface area contributed by atoms with Crippen molar-refractivity contribution in [2.75, 3.05) is 46.3 Å². The number of aryl methyl sites for hydroxylation is 2. The number of ether oxygens (including phenoxy) is 1. The van der Waals surface area contributed by atoms with Crippen LogP contribution in [0.15, 0.2) is 36.5 Å². The van der Waals surface area contributed by atoms with Gasteiger partial charge < -0.3 is 19.9 Å². The van der Waals surface area contributed by atoms with Gasteiger partial charge in [-0.15, -0.1) is 0 Å². The largest absolute Gasteiger partial charge is 0.487 e. The first-order chi connectivity index (χ1) is 13.6. The number of aromatic nitrogens is 1. The van der Waals surface area contributed by atoms with Crippen LogP contribution >= 0.6 is 0 Å². The summed E-state index contributed by atoms with van der Waals surface area (Å²) in [5.41, 5.74) is 4.64. The number of hydrogen-bond acceptors (Lipinski definition) is 5. The van der Waals surface area contributed by atoms with E-state index >= 15 is 0 Å². The van der Waals surface area contributed by atoms with E-state index in [9.17, 15) is 0 Å². The lowest BCUT2D eigenvalue weighted by Crippen LogP contribution is -2.45. The number of nitrogens with zero attached hydrogens (tertiary/aromatic N) is 3. The average Bonchev–Trinajstić information content (AvgIpc) is 2.69. The van der Waals surface area contributed by atoms with Crippen LogP contribution in [0.25, 0.3) is 0 Å². The van der Waals surface area contributed by atoms with Gasteiger partial charge in [0.25, 0.3) is 0 Å². The monoisotopic (exact) mass is 382 g/mol. The fourth-order valence-electron chi connectivity index (χ4n) is 3.73. The van der Waals surface area contributed by atoms with Crippen molar-refractivity contribution < 1.29 is 4.74 Å². The molecule has 3 rings (SSSR count). The fraction of sp³-hybridized carbons (Fsp3) is 0.522. The Bertz CT molecular complexity index is 704. The molecule has 0 saturated carbocycles. The molecule has 0 aliphatic carbocycles. The molecule has 1 aliphatic heterocycles. The topological polar surface area (TPSA) is 40.6 Å². The molecule has 0 unspecified atom stereocenters. The number of hydrogen-bond donors (Lipinski definition) is 1. The van der Waals surface area contributed by atoms with Crippen LogP contribution in [0.1, 0.15) is 28.8 Å². The van der Waals surface area contributed by atoms with E-state index in [2.05, 4.69) is 53.1 Å². The SMILES string of the molecule is Cc1cc(CNCCCN2CCN(C)CC2)cc(C)c1OCc1ccccn1. The molecule has 0 bridgehead atoms. The smallest absolute Gasteiger partial charge is 0.130 e. The summed E-state index contributed by atoms with van der Waals surface area (Å²) in [4.78, 5) is 9.30. The molecule has 5 nitrogen and oxygen atoms in total. The van der Waals surface area contributed by atoms with Gasteiger partial charge in [-0.1, -0.05) is 18.2 Å². The van der Waals surface area contributed by atoms with Gasteiger partial charge in [-0.2, -0.15) is 0 Å². The Labute approximate surface area is 169 Å². The first kappa shape index (κ1) is 20.8. The van der Waals surface area contributed by atoms with Crippen LogP contribution in [0.2, 0.25) is 0 Å². The van der Waals surface area contributed by atoms with Crippen molar-refractivity contribution in [3.05, 3.63) is 58.9 Å². The zero-order valence-electron chi connectivity index (χ0n) is 17.6. The van der Waals surface area contributed by atoms with E-state index in [1.807, 2.05) is 18.2 Å². The maximum Gasteiger partial charge on any atom is 0.130 e. The third kappa shape index (κ3) is 6.30. The summed E-state index contributed by atoms with van der Waals surface area (Å²) in [5, 5.41) is 3.59. The highest BCUT2D eigenvalue weighted by Gasteiger charge is 2.12. The molecule has 1 aromatic carbocycles. The van der Waals surface area contributed by atoms with Gasteiger partial charge in [0.2, 0.25) is 0 Å². The third-order valence-corrected chi connectivity index (χ3v) is 5.36. The molecule has 152 valence electrons. The molecule has 0 radical (unpaired) electrons. The van der Waals surface area contributed by atoms with Gasteiger partial charge in [-0.25, -0.2) is 0 Å². The molecular formula is C23H34N4O. The molecule has 1 aliphatic rings. The lowest BCUT2D eigenvalue weighted by atomic mass is 10.1. The first-order valence-electron chi connectivity index (χ1n) is 10.4. The van der Waals surface area contributed by atoms with E-state index in [0.717, 1.165) is 24.5 Å². The van der Waals surface area contributed by atoms with Gasteiger partial charge in [0.1, 0.15) is 12.4 Å². The Morgan fingerprint density at radius 3 is 2.50 bits per heavy atom. The molecule has 1 saturated heterocycles. The zero-order chi connectivity index (χ0) is 19.8. The Balaban J connectivity index is 1.41. The van der Waals surface area contributed by atoms with Crippen LogP contribution in [0.3, 0.4) is 0 Å². The molecule has 0 atom stereocenters. The van der Waals surface area contributed by atoms with E-state index in [4.69, 9.17) is 4.74 Å². The number of rotatable bonds is 9. The predicted octanol–water partition coefficient (Wildman–Crippen LogP) is 3.00. The van der Waals surface area contributed by atoms with Crippen LogP contribution in [-0.2, 0) is 13.2 Å². The molecule has 0 spiro atoms. The number of nitrogens with one attached hydrogen (secondary N) is 1. The summed E-state index contributed by atoms with van der Waals surface area (Å²) >= 11 is 0. The van der Waals surface area contributed by atoms with Gasteiger partial charge in [0, 0.05) is 38.9 Å². The van der Waals surface area contributed by atoms with E-state index in [0.29, 0.717) is 6.61 Å². The number of likely N-dealkylation sites (N-methyl/N-ethyl adjacent to an activating group) is 1. The molecule has 2 heterocycles. The van der Waals surface area contributed by atoms with Crippen molar-refractivity contribution >= 4 is 0 Å². The van der Waals surface area contributed by atoms with Crippen LogP contribution in [0.5, 0.6) is 5.75 Å². The summed E-state index contributed by atoms with van der Waals surface area (Å²) < 4.78 is 6.03. The Morgan fingerprint density at radius 2 is 1.82 bits per heavy atom. The van der Waals surface area contributed by atoms with Crippen LogP contribution in [-0.4, -0.2) is 61.1 Å². The summed E-state index contributed by atoms with van der Waals surface area (Å²) in [6, 6.07) is 10.4. The van der Waals surface area contributed by atoms with Gasteiger partial charge in [-0.3, -0.25) is 4.98 Å². The maximum absolute atomic E-state index is 6.03. The van der Waals surface area contributed by atoms with Gasteiger partial charge >= 0.3 is 0 Å². The summed E-state index contributed by atoms with van der Waals surface area (Å²) in [5.74, 6) is 0.976. The van der Waals surface area contributed by atoms with Crippen LogP contribution in [0.4, 0.5) is 0 Å². The van der Waals surface area contributed by atoms with E-state index in [1.165, 1.54) is 55.8 Å². The second-order valence-electron chi connectivity index (χ2n) is 7.84. The van der Waals surface area contributed by atoms with Crippen molar-refractivity contribution in [1.29, 1.82) is 0 Å². The lowest BCUT2D eigenvalue weighted by Gasteiger charge is -2.32. The average molecular weight is 383 g/mol. The Kier molecular flexibility index (Phi) is 7.83. The predicted molar refractivity (Wildman–Crippen MR) is 115 cm³/mol. The molecule has 1 N–H and O–H groups in total. The summed E-state index contributed by atoms with van der Waals surface area (Å²) in [6.07, 6.45) is 3.00. The second kappa shape index (κ2) is 10.6. The number of pyridine rings is 1. The third-order valence-electron chi connectivity index (χ3n) is 5.36. The molecule has 5 heteroatoms. The molecule has 0 amide bonds. The van der Waals surface area contributed by atoms with Crippen LogP contribution < -0.4 is 10.1 Å². The molecule has 28 heavy (non-hydrogen) atoms. The van der Waals surface area contributed by atoms with E-state index in [1.54, 1.807) is 6.20 Å². The summed E-state index contributed by atoms with van der Waals surface area (Å²) in [6.45, 7) is 12.7. The van der Waals surface area contributed by atoms with Crippen molar-refractivity contribution in [2.45, 2.75) is 33.4 Å². The number of benzene rings is 1. The molecule has 2 aromatic rings. The Morgan fingerprint density at radius 1 is 1.07 bits per heavy atom. The minimum atomic E-state index is 0.506. The molecule has 1 fully saturated rings. The minimum absolute atomic E-state index is 0.506. The van der Waals surface area contributed by atoms with Crippen molar-refractivity contribution in [2.24, 2.45) is 0 Å². The van der Waals surface area contributed by atoms with Crippen LogP contribution in [0, 0.1) is 13.8 Å². The highest BCUT2D eigenvalue weighted by Crippen LogP contribution is 2.25. The second-order valence-corrected chi connectivity index (χ2v) is 7.84. The van der Waals surface area contributed by atoms with Gasteiger partial charge in [0.05, 0.1) is 5.69 Å². The highest BCUT2D eigenvalue weighted by molar-refractivity contribution is 5.43. The van der Waals surface area contributed by atoms with Crippen molar-refractivity contribution in [3.8, 4) is 5.75 Å². The lowest BCUT2D eigenvalue weighted by molar-refractivity contribution is 0.153. The highest BCUT2D eigenvalue weighted by atomic mass is 16.5. The standard InChI is InChI=1S/C23H34N4O/c1-19-15-21(17-24-8-6-10-27-13-11-26(3)12-14-27)16-20(2)23(19)28-18-22-7-4-5-9-25-22/h4-5,7,9,15-16,24H,6,8,10-14,17-18H2,1-3H3.